The summed E-state index contributed by atoms with van der Waals surface area (Å²) < 4.78 is 14.6. The average molecular weight is 193 g/mol. The maximum absolute atomic E-state index is 13.3. The number of benzene rings is 1. The molecule has 0 spiro atoms. The number of tetrazole rings is 1. The second-order valence-electron chi connectivity index (χ2n) is 2.66. The largest absolute Gasteiger partial charge is 0.324 e. The SMILES string of the molecule is NCc1nnnn1-c1ccccc1F. The lowest BCUT2D eigenvalue weighted by molar-refractivity contribution is 0.602. The van der Waals surface area contributed by atoms with Crippen molar-refractivity contribution in [2.45, 2.75) is 6.54 Å². The topological polar surface area (TPSA) is 69.6 Å². The van der Waals surface area contributed by atoms with E-state index in [4.69, 9.17) is 5.73 Å². The summed E-state index contributed by atoms with van der Waals surface area (Å²) in [6.07, 6.45) is 0. The minimum absolute atomic E-state index is 0.168. The van der Waals surface area contributed by atoms with Crippen LogP contribution < -0.4 is 5.73 Å². The fourth-order valence-electron chi connectivity index (χ4n) is 1.14. The van der Waals surface area contributed by atoms with Gasteiger partial charge in [-0.25, -0.2) is 4.39 Å². The van der Waals surface area contributed by atoms with Crippen LogP contribution in [0.4, 0.5) is 4.39 Å². The second kappa shape index (κ2) is 3.51. The molecule has 2 rings (SSSR count). The van der Waals surface area contributed by atoms with Gasteiger partial charge < -0.3 is 5.73 Å². The lowest BCUT2D eigenvalue weighted by atomic mass is 10.3. The van der Waals surface area contributed by atoms with Crippen LogP contribution in [0.1, 0.15) is 5.82 Å². The maximum Gasteiger partial charge on any atom is 0.170 e. The first-order valence-corrected chi connectivity index (χ1v) is 4.05. The van der Waals surface area contributed by atoms with Crippen LogP contribution in [-0.4, -0.2) is 20.2 Å². The van der Waals surface area contributed by atoms with E-state index >= 15 is 0 Å². The Kier molecular flexibility index (Phi) is 2.19. The van der Waals surface area contributed by atoms with Crippen molar-refractivity contribution < 1.29 is 4.39 Å². The third kappa shape index (κ3) is 1.35. The summed E-state index contributed by atoms with van der Waals surface area (Å²) in [7, 11) is 0. The Labute approximate surface area is 79.3 Å². The summed E-state index contributed by atoms with van der Waals surface area (Å²) >= 11 is 0. The molecule has 5 nitrogen and oxygen atoms in total. The van der Waals surface area contributed by atoms with Gasteiger partial charge in [-0.2, -0.15) is 4.68 Å². The predicted octanol–water partition coefficient (Wildman–Crippen LogP) is 0.260. The first-order chi connectivity index (χ1) is 6.83. The number of aromatic nitrogens is 4. The molecule has 2 aromatic rings. The van der Waals surface area contributed by atoms with E-state index in [1.807, 2.05) is 0 Å². The molecule has 72 valence electrons. The Balaban J connectivity index is 2.54. The molecule has 0 bridgehead atoms. The number of para-hydroxylation sites is 1. The molecule has 0 aliphatic heterocycles. The van der Waals surface area contributed by atoms with E-state index in [1.165, 1.54) is 10.7 Å². The van der Waals surface area contributed by atoms with E-state index in [0.29, 0.717) is 11.5 Å². The lowest BCUT2D eigenvalue weighted by Crippen LogP contribution is -2.09. The van der Waals surface area contributed by atoms with Gasteiger partial charge >= 0.3 is 0 Å². The number of nitrogens with zero attached hydrogens (tertiary/aromatic N) is 4. The summed E-state index contributed by atoms with van der Waals surface area (Å²) in [5, 5.41) is 10.7. The average Bonchev–Trinajstić information content (AvgIpc) is 2.66. The minimum atomic E-state index is -0.380. The molecule has 1 aromatic heterocycles. The molecule has 1 heterocycles. The molecule has 0 amide bonds. The van der Waals surface area contributed by atoms with Crippen LogP contribution in [0.15, 0.2) is 24.3 Å². The van der Waals surface area contributed by atoms with Crippen LogP contribution in [0.3, 0.4) is 0 Å². The third-order valence-corrected chi connectivity index (χ3v) is 1.80. The van der Waals surface area contributed by atoms with Gasteiger partial charge in [-0.15, -0.1) is 5.10 Å². The van der Waals surface area contributed by atoms with Gasteiger partial charge in [0.05, 0.1) is 6.54 Å². The second-order valence-corrected chi connectivity index (χ2v) is 2.66. The van der Waals surface area contributed by atoms with Crippen molar-refractivity contribution in [3.05, 3.63) is 35.9 Å². The van der Waals surface area contributed by atoms with Crippen LogP contribution in [0.25, 0.3) is 5.69 Å². The Morgan fingerprint density at radius 1 is 1.36 bits per heavy atom. The maximum atomic E-state index is 13.3. The van der Waals surface area contributed by atoms with Crippen molar-refractivity contribution >= 4 is 0 Å². The fraction of sp³-hybridized carbons (Fsp3) is 0.125. The zero-order chi connectivity index (χ0) is 9.97. The standard InChI is InChI=1S/C8H8FN5/c9-6-3-1-2-4-7(6)14-8(5-10)11-12-13-14/h1-4H,5,10H2. The molecule has 0 fully saturated rings. The highest BCUT2D eigenvalue weighted by Gasteiger charge is 2.09. The molecule has 0 saturated heterocycles. The van der Waals surface area contributed by atoms with E-state index in [-0.39, 0.29) is 12.4 Å². The molecule has 6 heteroatoms. The molecule has 0 unspecified atom stereocenters. The van der Waals surface area contributed by atoms with E-state index in [9.17, 15) is 4.39 Å². The summed E-state index contributed by atoms with van der Waals surface area (Å²) in [5.41, 5.74) is 5.70. The minimum Gasteiger partial charge on any atom is -0.324 e. The van der Waals surface area contributed by atoms with Crippen LogP contribution in [0.2, 0.25) is 0 Å². The predicted molar refractivity (Wildman–Crippen MR) is 47.0 cm³/mol. The highest BCUT2D eigenvalue weighted by Crippen LogP contribution is 2.11. The highest BCUT2D eigenvalue weighted by molar-refractivity contribution is 5.32. The van der Waals surface area contributed by atoms with Gasteiger partial charge in [0.25, 0.3) is 0 Å². The van der Waals surface area contributed by atoms with Gasteiger partial charge in [-0.1, -0.05) is 12.1 Å². The quantitative estimate of drug-likeness (QED) is 0.742. The Morgan fingerprint density at radius 2 is 2.14 bits per heavy atom. The van der Waals surface area contributed by atoms with E-state index in [2.05, 4.69) is 15.5 Å². The molecular formula is C8H8FN5. The van der Waals surface area contributed by atoms with Crippen LogP contribution in [0, 0.1) is 5.82 Å². The summed E-state index contributed by atoms with van der Waals surface area (Å²) in [4.78, 5) is 0. The summed E-state index contributed by atoms with van der Waals surface area (Å²) in [5.74, 6) is 0.0459. The fourth-order valence-corrected chi connectivity index (χ4v) is 1.14. The molecule has 2 N–H and O–H groups in total. The smallest absolute Gasteiger partial charge is 0.170 e. The third-order valence-electron chi connectivity index (χ3n) is 1.80. The van der Waals surface area contributed by atoms with Crippen LogP contribution >= 0.6 is 0 Å². The van der Waals surface area contributed by atoms with Gasteiger partial charge in [0.15, 0.2) is 5.82 Å². The number of nitrogens with two attached hydrogens (primary N) is 1. The zero-order valence-electron chi connectivity index (χ0n) is 7.26. The van der Waals surface area contributed by atoms with E-state index < -0.39 is 0 Å². The van der Waals surface area contributed by atoms with E-state index in [1.54, 1.807) is 18.2 Å². The molecule has 14 heavy (non-hydrogen) atoms. The van der Waals surface area contributed by atoms with Gasteiger partial charge in [-0.05, 0) is 22.6 Å². The number of rotatable bonds is 2. The Morgan fingerprint density at radius 3 is 2.86 bits per heavy atom. The molecular weight excluding hydrogens is 185 g/mol. The van der Waals surface area contributed by atoms with Gasteiger partial charge in [0.1, 0.15) is 11.5 Å². The summed E-state index contributed by atoms with van der Waals surface area (Å²) in [6.45, 7) is 0.168. The zero-order valence-corrected chi connectivity index (χ0v) is 7.26. The molecule has 0 aliphatic rings. The van der Waals surface area contributed by atoms with Gasteiger partial charge in [0, 0.05) is 0 Å². The summed E-state index contributed by atoms with van der Waals surface area (Å²) in [6, 6.07) is 6.24. The Hall–Kier alpha value is -1.82. The van der Waals surface area contributed by atoms with Crippen molar-refractivity contribution in [2.24, 2.45) is 5.73 Å². The first kappa shape index (κ1) is 8.76. The number of hydrogen-bond donors (Lipinski definition) is 1. The van der Waals surface area contributed by atoms with Crippen molar-refractivity contribution in [3.63, 3.8) is 0 Å². The monoisotopic (exact) mass is 193 g/mol. The molecule has 0 radical (unpaired) electrons. The Bertz CT molecular complexity index is 439. The van der Waals surface area contributed by atoms with Crippen molar-refractivity contribution in [2.75, 3.05) is 0 Å². The number of hydrogen-bond acceptors (Lipinski definition) is 4. The van der Waals surface area contributed by atoms with Crippen molar-refractivity contribution in [1.29, 1.82) is 0 Å². The van der Waals surface area contributed by atoms with Crippen LogP contribution in [0.5, 0.6) is 0 Å². The molecule has 0 atom stereocenters. The van der Waals surface area contributed by atoms with Crippen molar-refractivity contribution in [1.82, 2.24) is 20.2 Å². The molecule has 0 aliphatic carbocycles. The highest BCUT2D eigenvalue weighted by atomic mass is 19.1. The normalized spacial score (nSPS) is 10.4. The number of halogens is 1. The van der Waals surface area contributed by atoms with E-state index in [0.717, 1.165) is 0 Å². The van der Waals surface area contributed by atoms with Crippen LogP contribution in [-0.2, 0) is 6.54 Å². The molecule has 1 aromatic carbocycles. The molecule has 0 saturated carbocycles. The lowest BCUT2D eigenvalue weighted by Gasteiger charge is -2.02. The van der Waals surface area contributed by atoms with Crippen molar-refractivity contribution in [3.8, 4) is 5.69 Å². The first-order valence-electron chi connectivity index (χ1n) is 4.05. The van der Waals surface area contributed by atoms with Gasteiger partial charge in [-0.3, -0.25) is 0 Å². The van der Waals surface area contributed by atoms with Gasteiger partial charge in [0.2, 0.25) is 0 Å².